The lowest BCUT2D eigenvalue weighted by Gasteiger charge is -2.35. The number of anilines is 1. The number of aliphatic hydroxyl groups is 1. The van der Waals surface area contributed by atoms with Crippen molar-refractivity contribution in [1.29, 1.82) is 0 Å². The van der Waals surface area contributed by atoms with Gasteiger partial charge in [-0.2, -0.15) is 0 Å². The van der Waals surface area contributed by atoms with Gasteiger partial charge in [0.1, 0.15) is 5.82 Å². The quantitative estimate of drug-likeness (QED) is 0.888. The molecular formula is C13H20ClN3O2. The molecular weight excluding hydrogens is 266 g/mol. The molecule has 0 aliphatic heterocycles. The van der Waals surface area contributed by atoms with Crippen LogP contribution in [0.4, 0.5) is 5.82 Å². The fraction of sp³-hybridized carbons (Fsp3) is 0.538. The number of nitrogens with zero attached hydrogens (tertiary/aromatic N) is 3. The Morgan fingerprint density at radius 1 is 1.42 bits per heavy atom. The molecule has 0 fully saturated rings. The van der Waals surface area contributed by atoms with Crippen molar-refractivity contribution >= 4 is 23.3 Å². The minimum atomic E-state index is -0.578. The molecule has 0 aromatic carbocycles. The number of halogens is 1. The Morgan fingerprint density at radius 3 is 2.53 bits per heavy atom. The largest absolute Gasteiger partial charge is 0.394 e. The number of pyridine rings is 1. The van der Waals surface area contributed by atoms with Crippen molar-refractivity contribution in [3.63, 3.8) is 0 Å². The van der Waals surface area contributed by atoms with Gasteiger partial charge < -0.3 is 14.9 Å². The van der Waals surface area contributed by atoms with Crippen molar-refractivity contribution in [1.82, 2.24) is 9.88 Å². The zero-order valence-corrected chi connectivity index (χ0v) is 12.5. The molecule has 0 bridgehead atoms. The van der Waals surface area contributed by atoms with E-state index in [9.17, 15) is 9.90 Å². The van der Waals surface area contributed by atoms with Crippen LogP contribution >= 0.6 is 11.6 Å². The highest BCUT2D eigenvalue weighted by atomic mass is 35.5. The standard InChI is InChI=1S/C13H20ClN3O2/c1-13(2,9-18)17(4)12(19)8-16(3)11-6-5-10(14)7-15-11/h5-7,18H,8-9H2,1-4H3. The number of hydrogen-bond donors (Lipinski definition) is 1. The smallest absolute Gasteiger partial charge is 0.242 e. The molecule has 19 heavy (non-hydrogen) atoms. The number of rotatable bonds is 5. The molecule has 1 aromatic heterocycles. The zero-order chi connectivity index (χ0) is 14.6. The lowest BCUT2D eigenvalue weighted by Crippen LogP contribution is -2.50. The van der Waals surface area contributed by atoms with E-state index in [0.29, 0.717) is 10.8 Å². The summed E-state index contributed by atoms with van der Waals surface area (Å²) in [6.45, 7) is 3.73. The third-order valence-corrected chi connectivity index (χ3v) is 3.37. The Kier molecular flexibility index (Phi) is 5.14. The van der Waals surface area contributed by atoms with Gasteiger partial charge in [0, 0.05) is 20.3 Å². The summed E-state index contributed by atoms with van der Waals surface area (Å²) >= 11 is 5.77. The van der Waals surface area contributed by atoms with E-state index in [4.69, 9.17) is 11.6 Å². The van der Waals surface area contributed by atoms with Crippen molar-refractivity contribution < 1.29 is 9.90 Å². The van der Waals surface area contributed by atoms with Crippen molar-refractivity contribution in [2.45, 2.75) is 19.4 Å². The Hall–Kier alpha value is -1.33. The molecule has 1 heterocycles. The maximum atomic E-state index is 12.1. The van der Waals surface area contributed by atoms with Gasteiger partial charge in [-0.15, -0.1) is 0 Å². The second-order valence-electron chi connectivity index (χ2n) is 5.11. The first-order valence-electron chi connectivity index (χ1n) is 5.98. The molecule has 0 spiro atoms. The third-order valence-electron chi connectivity index (χ3n) is 3.14. The molecule has 0 aliphatic rings. The van der Waals surface area contributed by atoms with Crippen LogP contribution in [0.1, 0.15) is 13.8 Å². The Labute approximate surface area is 118 Å². The summed E-state index contributed by atoms with van der Waals surface area (Å²) in [5.41, 5.74) is -0.578. The highest BCUT2D eigenvalue weighted by Gasteiger charge is 2.27. The number of aliphatic hydroxyl groups excluding tert-OH is 1. The van der Waals surface area contributed by atoms with Gasteiger partial charge in [0.2, 0.25) is 5.91 Å². The van der Waals surface area contributed by atoms with Crippen molar-refractivity contribution in [2.75, 3.05) is 32.1 Å². The lowest BCUT2D eigenvalue weighted by atomic mass is 10.1. The number of aromatic nitrogens is 1. The van der Waals surface area contributed by atoms with Gasteiger partial charge in [0.05, 0.1) is 23.7 Å². The number of carbonyl (C=O) groups excluding carboxylic acids is 1. The Morgan fingerprint density at radius 2 is 2.05 bits per heavy atom. The summed E-state index contributed by atoms with van der Waals surface area (Å²) in [5.74, 6) is 0.589. The summed E-state index contributed by atoms with van der Waals surface area (Å²) in [5, 5.41) is 9.82. The van der Waals surface area contributed by atoms with Crippen LogP contribution < -0.4 is 4.90 Å². The number of amides is 1. The van der Waals surface area contributed by atoms with E-state index < -0.39 is 5.54 Å². The minimum Gasteiger partial charge on any atom is -0.394 e. The molecule has 0 saturated heterocycles. The summed E-state index contributed by atoms with van der Waals surface area (Å²) in [6, 6.07) is 3.49. The van der Waals surface area contributed by atoms with Crippen molar-refractivity contribution in [3.05, 3.63) is 23.4 Å². The average molecular weight is 286 g/mol. The van der Waals surface area contributed by atoms with Crippen molar-refractivity contribution in [2.24, 2.45) is 0 Å². The normalized spacial score (nSPS) is 11.3. The van der Waals surface area contributed by atoms with Crippen LogP contribution in [0.5, 0.6) is 0 Å². The molecule has 1 rings (SSSR count). The first kappa shape index (κ1) is 15.7. The fourth-order valence-corrected chi connectivity index (χ4v) is 1.54. The predicted molar refractivity (Wildman–Crippen MR) is 76.5 cm³/mol. The highest BCUT2D eigenvalue weighted by Crippen LogP contribution is 2.15. The molecule has 0 saturated carbocycles. The first-order valence-corrected chi connectivity index (χ1v) is 6.36. The van der Waals surface area contributed by atoms with E-state index in [2.05, 4.69) is 4.98 Å². The Bertz CT molecular complexity index is 434. The molecule has 0 aliphatic carbocycles. The maximum Gasteiger partial charge on any atom is 0.242 e. The maximum absolute atomic E-state index is 12.1. The average Bonchev–Trinajstić information content (AvgIpc) is 2.38. The molecule has 5 nitrogen and oxygen atoms in total. The molecule has 0 unspecified atom stereocenters. The van der Waals surface area contributed by atoms with Gasteiger partial charge >= 0.3 is 0 Å². The van der Waals surface area contributed by atoms with Gasteiger partial charge in [-0.05, 0) is 26.0 Å². The minimum absolute atomic E-state index is 0.0849. The zero-order valence-electron chi connectivity index (χ0n) is 11.7. The molecule has 0 radical (unpaired) electrons. The van der Waals surface area contributed by atoms with Crippen LogP contribution in [0.2, 0.25) is 5.02 Å². The summed E-state index contributed by atoms with van der Waals surface area (Å²) in [7, 11) is 3.47. The molecule has 6 heteroatoms. The van der Waals surface area contributed by atoms with Gasteiger partial charge in [-0.1, -0.05) is 11.6 Å². The third kappa shape index (κ3) is 4.08. The summed E-state index contributed by atoms with van der Waals surface area (Å²) in [6.07, 6.45) is 1.54. The van der Waals surface area contributed by atoms with E-state index in [1.54, 1.807) is 42.2 Å². The van der Waals surface area contributed by atoms with Crippen LogP contribution in [0.15, 0.2) is 18.3 Å². The monoisotopic (exact) mass is 285 g/mol. The summed E-state index contributed by atoms with van der Waals surface area (Å²) in [4.78, 5) is 19.5. The van der Waals surface area contributed by atoms with Gasteiger partial charge in [-0.25, -0.2) is 4.98 Å². The first-order chi connectivity index (χ1) is 8.77. The van der Waals surface area contributed by atoms with Crippen LogP contribution in [0.3, 0.4) is 0 Å². The van der Waals surface area contributed by atoms with E-state index >= 15 is 0 Å². The van der Waals surface area contributed by atoms with E-state index in [1.807, 2.05) is 13.8 Å². The van der Waals surface area contributed by atoms with E-state index in [1.165, 1.54) is 0 Å². The van der Waals surface area contributed by atoms with Gasteiger partial charge in [-0.3, -0.25) is 4.79 Å². The number of hydrogen-bond acceptors (Lipinski definition) is 4. The summed E-state index contributed by atoms with van der Waals surface area (Å²) < 4.78 is 0. The second kappa shape index (κ2) is 6.21. The lowest BCUT2D eigenvalue weighted by molar-refractivity contribution is -0.134. The number of likely N-dealkylation sites (N-methyl/N-ethyl adjacent to an activating group) is 2. The molecule has 1 N–H and O–H groups in total. The van der Waals surface area contributed by atoms with Crippen LogP contribution in [0, 0.1) is 0 Å². The Balaban J connectivity index is 2.69. The van der Waals surface area contributed by atoms with E-state index in [-0.39, 0.29) is 19.1 Å². The van der Waals surface area contributed by atoms with Crippen molar-refractivity contribution in [3.8, 4) is 0 Å². The molecule has 1 aromatic rings. The molecule has 0 atom stereocenters. The highest BCUT2D eigenvalue weighted by molar-refractivity contribution is 6.30. The van der Waals surface area contributed by atoms with Gasteiger partial charge in [0.15, 0.2) is 0 Å². The fourth-order valence-electron chi connectivity index (χ4n) is 1.43. The van der Waals surface area contributed by atoms with Crippen LogP contribution in [0.25, 0.3) is 0 Å². The van der Waals surface area contributed by atoms with Gasteiger partial charge in [0.25, 0.3) is 0 Å². The van der Waals surface area contributed by atoms with E-state index in [0.717, 1.165) is 0 Å². The molecule has 1 amide bonds. The molecule has 106 valence electrons. The number of carbonyl (C=O) groups is 1. The topological polar surface area (TPSA) is 56.7 Å². The SMILES string of the molecule is CN(CC(=O)N(C)C(C)(C)CO)c1ccc(Cl)cn1. The van der Waals surface area contributed by atoms with Crippen LogP contribution in [-0.4, -0.2) is 53.7 Å². The predicted octanol–water partition coefficient (Wildman–Crippen LogP) is 1.40. The second-order valence-corrected chi connectivity index (χ2v) is 5.55. The van der Waals surface area contributed by atoms with Crippen LogP contribution in [-0.2, 0) is 4.79 Å².